The maximum Gasteiger partial charge on any atom is 0.164 e. The maximum atomic E-state index is 5.54. The van der Waals surface area contributed by atoms with Crippen molar-refractivity contribution in [2.45, 2.75) is 26.8 Å². The van der Waals surface area contributed by atoms with Gasteiger partial charge in [0.15, 0.2) is 5.65 Å². The van der Waals surface area contributed by atoms with Crippen molar-refractivity contribution in [1.82, 2.24) is 24.8 Å². The van der Waals surface area contributed by atoms with E-state index < -0.39 is 0 Å². The summed E-state index contributed by atoms with van der Waals surface area (Å²) in [6, 6.07) is 6.06. The molecule has 1 aliphatic rings. The number of benzene rings is 1. The average Bonchev–Trinajstić information content (AvgIpc) is 3.42. The second kappa shape index (κ2) is 8.43. The van der Waals surface area contributed by atoms with Crippen LogP contribution < -0.4 is 10.6 Å². The van der Waals surface area contributed by atoms with Gasteiger partial charge in [-0.2, -0.15) is 5.10 Å². The second-order valence-electron chi connectivity index (χ2n) is 6.98. The molecule has 3 aromatic rings. The largest absolute Gasteiger partial charge is 0.372 e. The van der Waals surface area contributed by atoms with Crippen LogP contribution in [-0.4, -0.2) is 45.0 Å². The molecule has 1 fully saturated rings. The van der Waals surface area contributed by atoms with Gasteiger partial charge >= 0.3 is 0 Å². The van der Waals surface area contributed by atoms with Gasteiger partial charge in [-0.05, 0) is 43.9 Å². The minimum absolute atomic E-state index is 0.657. The molecule has 0 saturated carbocycles. The Balaban J connectivity index is 1.66. The van der Waals surface area contributed by atoms with E-state index in [0.717, 1.165) is 59.1 Å². The highest BCUT2D eigenvalue weighted by atomic mass is 16.7. The van der Waals surface area contributed by atoms with Gasteiger partial charge in [0, 0.05) is 31.4 Å². The van der Waals surface area contributed by atoms with Crippen molar-refractivity contribution in [3.05, 3.63) is 53.7 Å². The molecule has 1 aliphatic heterocycles. The first kappa shape index (κ1) is 19.7. The van der Waals surface area contributed by atoms with Gasteiger partial charge in [0.2, 0.25) is 0 Å². The van der Waals surface area contributed by atoms with Crippen LogP contribution in [0.2, 0.25) is 0 Å². The summed E-state index contributed by atoms with van der Waals surface area (Å²) in [4.78, 5) is 14.2. The number of hydrogen-bond acceptors (Lipinski definition) is 7. The van der Waals surface area contributed by atoms with Crippen LogP contribution in [0.4, 0.5) is 11.5 Å². The molecule has 30 heavy (non-hydrogen) atoms. The number of aromatic nitrogens is 4. The van der Waals surface area contributed by atoms with E-state index in [4.69, 9.17) is 4.84 Å². The van der Waals surface area contributed by atoms with Crippen LogP contribution in [-0.2, 0) is 11.4 Å². The van der Waals surface area contributed by atoms with Gasteiger partial charge in [-0.25, -0.2) is 19.7 Å². The smallest absolute Gasteiger partial charge is 0.164 e. The molecule has 4 rings (SSSR count). The summed E-state index contributed by atoms with van der Waals surface area (Å²) < 4.78 is 1.84. The fourth-order valence-corrected chi connectivity index (χ4v) is 3.36. The first-order chi connectivity index (χ1) is 14.6. The van der Waals surface area contributed by atoms with Crippen molar-refractivity contribution in [3.63, 3.8) is 0 Å². The summed E-state index contributed by atoms with van der Waals surface area (Å²) in [6.45, 7) is 10.4. The SMILES string of the molecule is C=C(Nc1ccc(C)c(C#Cc2nn(CC)c3ncnc(NC)c23)c1)N1CCCO1. The monoisotopic (exact) mass is 403 g/mol. The number of hydrogen-bond donors (Lipinski definition) is 2. The molecular weight excluding hydrogens is 378 g/mol. The van der Waals surface area contributed by atoms with Crippen LogP contribution in [0.5, 0.6) is 0 Å². The number of hydroxylamine groups is 2. The minimum Gasteiger partial charge on any atom is -0.372 e. The number of nitrogens with zero attached hydrogens (tertiary/aromatic N) is 5. The zero-order valence-electron chi connectivity index (χ0n) is 17.5. The summed E-state index contributed by atoms with van der Waals surface area (Å²) in [5, 5.41) is 13.7. The van der Waals surface area contributed by atoms with Gasteiger partial charge in [-0.15, -0.1) is 0 Å². The number of anilines is 2. The summed E-state index contributed by atoms with van der Waals surface area (Å²) in [5.41, 5.74) is 4.34. The standard InChI is InChI=1S/C22H25N7O/c1-5-28-22-20(21(23-4)24-14-25-22)19(27-28)10-8-17-13-18(9-7-15(17)2)26-16(3)29-11-6-12-30-29/h7,9,13-14,26H,3,5-6,11-12H2,1-2,4H3,(H,23,24,25). The van der Waals surface area contributed by atoms with E-state index in [2.05, 4.69) is 44.1 Å². The van der Waals surface area contributed by atoms with E-state index in [-0.39, 0.29) is 0 Å². The molecular formula is C22H25N7O. The molecule has 0 amide bonds. The Morgan fingerprint density at radius 2 is 2.17 bits per heavy atom. The molecule has 1 saturated heterocycles. The molecule has 154 valence electrons. The Morgan fingerprint density at radius 3 is 2.90 bits per heavy atom. The van der Waals surface area contributed by atoms with Crippen molar-refractivity contribution in [1.29, 1.82) is 0 Å². The molecule has 2 aromatic heterocycles. The predicted molar refractivity (Wildman–Crippen MR) is 118 cm³/mol. The van der Waals surface area contributed by atoms with E-state index in [1.54, 1.807) is 5.06 Å². The predicted octanol–water partition coefficient (Wildman–Crippen LogP) is 3.12. The molecule has 0 atom stereocenters. The van der Waals surface area contributed by atoms with Crippen molar-refractivity contribution in [3.8, 4) is 11.8 Å². The van der Waals surface area contributed by atoms with Gasteiger partial charge in [0.1, 0.15) is 23.7 Å². The maximum absolute atomic E-state index is 5.54. The van der Waals surface area contributed by atoms with Crippen LogP contribution in [0.25, 0.3) is 11.0 Å². The molecule has 0 aliphatic carbocycles. The third-order valence-electron chi connectivity index (χ3n) is 4.96. The Labute approximate surface area is 175 Å². The first-order valence-electron chi connectivity index (χ1n) is 9.99. The number of nitrogens with one attached hydrogen (secondary N) is 2. The van der Waals surface area contributed by atoms with Gasteiger partial charge in [-0.1, -0.05) is 18.6 Å². The van der Waals surface area contributed by atoms with Gasteiger partial charge in [0.25, 0.3) is 0 Å². The topological polar surface area (TPSA) is 80.1 Å². The van der Waals surface area contributed by atoms with Gasteiger partial charge in [-0.3, -0.25) is 4.84 Å². The van der Waals surface area contributed by atoms with Crippen LogP contribution in [0.1, 0.15) is 30.2 Å². The normalized spacial score (nSPS) is 13.2. The molecule has 8 nitrogen and oxygen atoms in total. The van der Waals surface area contributed by atoms with E-state index in [0.29, 0.717) is 12.2 Å². The third-order valence-corrected chi connectivity index (χ3v) is 4.96. The van der Waals surface area contributed by atoms with Gasteiger partial charge < -0.3 is 10.6 Å². The van der Waals surface area contributed by atoms with Gasteiger partial charge in [0.05, 0.1) is 12.0 Å². The molecule has 1 aromatic carbocycles. The van der Waals surface area contributed by atoms with Crippen molar-refractivity contribution < 1.29 is 4.84 Å². The Kier molecular flexibility index (Phi) is 5.55. The molecule has 8 heteroatoms. The Hall–Kier alpha value is -3.57. The first-order valence-corrected chi connectivity index (χ1v) is 9.99. The lowest BCUT2D eigenvalue weighted by Crippen LogP contribution is -2.21. The Bertz CT molecular complexity index is 1150. The Morgan fingerprint density at radius 1 is 1.30 bits per heavy atom. The van der Waals surface area contributed by atoms with Crippen molar-refractivity contribution >= 4 is 22.5 Å². The van der Waals surface area contributed by atoms with E-state index >= 15 is 0 Å². The molecule has 0 spiro atoms. The zero-order chi connectivity index (χ0) is 21.1. The highest BCUT2D eigenvalue weighted by Crippen LogP contribution is 2.23. The average molecular weight is 403 g/mol. The lowest BCUT2D eigenvalue weighted by molar-refractivity contribution is -0.0767. The van der Waals surface area contributed by atoms with E-state index in [1.807, 2.05) is 43.8 Å². The van der Waals surface area contributed by atoms with Crippen LogP contribution in [0.15, 0.2) is 36.9 Å². The number of fused-ring (bicyclic) bond motifs is 1. The zero-order valence-corrected chi connectivity index (χ0v) is 17.5. The third kappa shape index (κ3) is 3.80. The molecule has 2 N–H and O–H groups in total. The van der Waals surface area contributed by atoms with Crippen LogP contribution in [0.3, 0.4) is 0 Å². The van der Waals surface area contributed by atoms with Crippen molar-refractivity contribution in [2.24, 2.45) is 0 Å². The highest BCUT2D eigenvalue weighted by Gasteiger charge is 2.15. The summed E-state index contributed by atoms with van der Waals surface area (Å²) in [6.07, 6.45) is 2.54. The fourth-order valence-electron chi connectivity index (χ4n) is 3.36. The molecule has 0 bridgehead atoms. The highest BCUT2D eigenvalue weighted by molar-refractivity contribution is 5.91. The lowest BCUT2D eigenvalue weighted by Gasteiger charge is -2.20. The van der Waals surface area contributed by atoms with E-state index in [1.165, 1.54) is 6.33 Å². The molecule has 3 heterocycles. The number of rotatable bonds is 5. The quantitative estimate of drug-likeness (QED) is 0.634. The second-order valence-corrected chi connectivity index (χ2v) is 6.98. The minimum atomic E-state index is 0.657. The van der Waals surface area contributed by atoms with Crippen LogP contribution in [0, 0.1) is 18.8 Å². The summed E-state index contributed by atoms with van der Waals surface area (Å²) in [5.74, 6) is 7.93. The molecule has 0 radical (unpaired) electrons. The summed E-state index contributed by atoms with van der Waals surface area (Å²) >= 11 is 0. The van der Waals surface area contributed by atoms with Crippen molar-refractivity contribution in [2.75, 3.05) is 30.8 Å². The summed E-state index contributed by atoms with van der Waals surface area (Å²) in [7, 11) is 1.83. The van der Waals surface area contributed by atoms with E-state index in [9.17, 15) is 0 Å². The number of aryl methyl sites for hydroxylation is 2. The fraction of sp³-hybridized carbons (Fsp3) is 0.318. The molecule has 0 unspecified atom stereocenters. The van der Waals surface area contributed by atoms with Crippen LogP contribution >= 0.6 is 0 Å². The lowest BCUT2D eigenvalue weighted by atomic mass is 10.1.